The summed E-state index contributed by atoms with van der Waals surface area (Å²) in [6, 6.07) is 0.873. The number of hydrogen-bond acceptors (Lipinski definition) is 2. The molecule has 78 valence electrons. The first kappa shape index (κ1) is 11.0. The first-order chi connectivity index (χ1) is 6.26. The Labute approximate surface area is 81.7 Å². The van der Waals surface area contributed by atoms with Gasteiger partial charge in [0.1, 0.15) is 0 Å². The zero-order valence-corrected chi connectivity index (χ0v) is 8.92. The van der Waals surface area contributed by atoms with Crippen LogP contribution in [0, 0.1) is 5.92 Å². The quantitative estimate of drug-likeness (QED) is 0.662. The number of hydrogen-bond donors (Lipinski definition) is 2. The SMILES string of the molecule is CCC(CO)NC(C)CC1CCC1. The Bertz CT molecular complexity index is 130. The second kappa shape index (κ2) is 5.61. The van der Waals surface area contributed by atoms with Crippen LogP contribution in [0.15, 0.2) is 0 Å². The van der Waals surface area contributed by atoms with E-state index in [1.807, 2.05) is 0 Å². The number of rotatable bonds is 6. The molecule has 1 aliphatic carbocycles. The Morgan fingerprint density at radius 3 is 2.54 bits per heavy atom. The van der Waals surface area contributed by atoms with Crippen molar-refractivity contribution in [3.05, 3.63) is 0 Å². The summed E-state index contributed by atoms with van der Waals surface area (Å²) in [5.41, 5.74) is 0. The number of aliphatic hydroxyl groups excluding tert-OH is 1. The summed E-state index contributed by atoms with van der Waals surface area (Å²) in [7, 11) is 0. The summed E-state index contributed by atoms with van der Waals surface area (Å²) in [5, 5.41) is 12.5. The highest BCUT2D eigenvalue weighted by atomic mass is 16.3. The van der Waals surface area contributed by atoms with Crippen LogP contribution in [0.25, 0.3) is 0 Å². The van der Waals surface area contributed by atoms with E-state index in [0.29, 0.717) is 12.1 Å². The third kappa shape index (κ3) is 3.65. The van der Waals surface area contributed by atoms with Gasteiger partial charge in [-0.3, -0.25) is 0 Å². The molecular formula is C11H23NO. The molecule has 1 saturated carbocycles. The van der Waals surface area contributed by atoms with E-state index in [4.69, 9.17) is 5.11 Å². The maximum atomic E-state index is 9.02. The Hall–Kier alpha value is -0.0800. The van der Waals surface area contributed by atoms with Gasteiger partial charge in [-0.05, 0) is 25.7 Å². The van der Waals surface area contributed by atoms with E-state index >= 15 is 0 Å². The average molecular weight is 185 g/mol. The zero-order chi connectivity index (χ0) is 9.68. The van der Waals surface area contributed by atoms with Gasteiger partial charge < -0.3 is 10.4 Å². The predicted molar refractivity (Wildman–Crippen MR) is 55.7 cm³/mol. The van der Waals surface area contributed by atoms with E-state index in [1.165, 1.54) is 25.7 Å². The second-order valence-corrected chi connectivity index (χ2v) is 4.39. The Morgan fingerprint density at radius 1 is 1.46 bits per heavy atom. The summed E-state index contributed by atoms with van der Waals surface area (Å²) in [5.74, 6) is 0.957. The first-order valence-electron chi connectivity index (χ1n) is 5.63. The van der Waals surface area contributed by atoms with Crippen molar-refractivity contribution in [1.29, 1.82) is 0 Å². The molecule has 0 amide bonds. The number of aliphatic hydroxyl groups is 1. The Kier molecular flexibility index (Phi) is 4.74. The standard InChI is InChI=1S/C11H23NO/c1-3-11(8-13)12-9(2)7-10-5-4-6-10/h9-13H,3-8H2,1-2H3. The van der Waals surface area contributed by atoms with Gasteiger partial charge >= 0.3 is 0 Å². The molecule has 1 fully saturated rings. The van der Waals surface area contributed by atoms with E-state index in [2.05, 4.69) is 19.2 Å². The van der Waals surface area contributed by atoms with E-state index in [0.717, 1.165) is 12.3 Å². The van der Waals surface area contributed by atoms with E-state index in [-0.39, 0.29) is 6.61 Å². The van der Waals surface area contributed by atoms with Gasteiger partial charge in [-0.2, -0.15) is 0 Å². The molecule has 2 heteroatoms. The molecule has 13 heavy (non-hydrogen) atoms. The molecular weight excluding hydrogens is 162 g/mol. The van der Waals surface area contributed by atoms with Crippen LogP contribution in [0.2, 0.25) is 0 Å². The van der Waals surface area contributed by atoms with Crippen molar-refractivity contribution in [3.8, 4) is 0 Å². The predicted octanol–water partition coefficient (Wildman–Crippen LogP) is 1.93. The molecule has 0 aromatic rings. The van der Waals surface area contributed by atoms with Crippen molar-refractivity contribution < 1.29 is 5.11 Å². The summed E-state index contributed by atoms with van der Waals surface area (Å²) in [4.78, 5) is 0. The fourth-order valence-electron chi connectivity index (χ4n) is 2.00. The molecule has 1 aliphatic rings. The van der Waals surface area contributed by atoms with Crippen molar-refractivity contribution in [2.45, 2.75) is 58.0 Å². The fourth-order valence-corrected chi connectivity index (χ4v) is 2.00. The minimum atomic E-state index is 0.269. The van der Waals surface area contributed by atoms with Crippen LogP contribution < -0.4 is 5.32 Å². The topological polar surface area (TPSA) is 32.3 Å². The highest BCUT2D eigenvalue weighted by Gasteiger charge is 2.20. The lowest BCUT2D eigenvalue weighted by molar-refractivity contribution is 0.208. The van der Waals surface area contributed by atoms with Gasteiger partial charge in [0.05, 0.1) is 6.61 Å². The maximum Gasteiger partial charge on any atom is 0.0584 e. The van der Waals surface area contributed by atoms with Gasteiger partial charge in [-0.1, -0.05) is 26.2 Å². The van der Waals surface area contributed by atoms with E-state index in [1.54, 1.807) is 0 Å². The average Bonchev–Trinajstić information content (AvgIpc) is 2.07. The largest absolute Gasteiger partial charge is 0.395 e. The summed E-state index contributed by atoms with van der Waals surface area (Å²) in [6.45, 7) is 4.62. The molecule has 0 aliphatic heterocycles. The summed E-state index contributed by atoms with van der Waals surface area (Å²) < 4.78 is 0. The third-order valence-electron chi connectivity index (χ3n) is 3.15. The fraction of sp³-hybridized carbons (Fsp3) is 1.00. The minimum Gasteiger partial charge on any atom is -0.395 e. The lowest BCUT2D eigenvalue weighted by atomic mass is 9.81. The second-order valence-electron chi connectivity index (χ2n) is 4.39. The summed E-state index contributed by atoms with van der Waals surface area (Å²) >= 11 is 0. The molecule has 0 aromatic heterocycles. The Balaban J connectivity index is 2.10. The molecule has 0 aromatic carbocycles. The van der Waals surface area contributed by atoms with Crippen LogP contribution in [-0.2, 0) is 0 Å². The van der Waals surface area contributed by atoms with Crippen LogP contribution in [0.5, 0.6) is 0 Å². The lowest BCUT2D eigenvalue weighted by Gasteiger charge is -2.30. The minimum absolute atomic E-state index is 0.269. The van der Waals surface area contributed by atoms with Crippen LogP contribution in [0.1, 0.15) is 46.0 Å². The van der Waals surface area contributed by atoms with E-state index in [9.17, 15) is 0 Å². The van der Waals surface area contributed by atoms with Crippen molar-refractivity contribution >= 4 is 0 Å². The zero-order valence-electron chi connectivity index (χ0n) is 8.92. The van der Waals surface area contributed by atoms with Gasteiger partial charge in [0.15, 0.2) is 0 Å². The van der Waals surface area contributed by atoms with E-state index < -0.39 is 0 Å². The normalized spacial score (nSPS) is 22.4. The van der Waals surface area contributed by atoms with Crippen LogP contribution >= 0.6 is 0 Å². The van der Waals surface area contributed by atoms with Crippen molar-refractivity contribution in [2.75, 3.05) is 6.61 Å². The maximum absolute atomic E-state index is 9.02. The lowest BCUT2D eigenvalue weighted by Crippen LogP contribution is -2.40. The molecule has 2 N–H and O–H groups in total. The molecule has 0 spiro atoms. The molecule has 0 bridgehead atoms. The molecule has 0 heterocycles. The van der Waals surface area contributed by atoms with Crippen molar-refractivity contribution in [3.63, 3.8) is 0 Å². The van der Waals surface area contributed by atoms with Crippen LogP contribution in [0.3, 0.4) is 0 Å². The van der Waals surface area contributed by atoms with Gasteiger partial charge in [0.25, 0.3) is 0 Å². The highest BCUT2D eigenvalue weighted by Crippen LogP contribution is 2.30. The smallest absolute Gasteiger partial charge is 0.0584 e. The van der Waals surface area contributed by atoms with Crippen LogP contribution in [-0.4, -0.2) is 23.8 Å². The van der Waals surface area contributed by atoms with Gasteiger partial charge in [-0.15, -0.1) is 0 Å². The molecule has 2 nitrogen and oxygen atoms in total. The highest BCUT2D eigenvalue weighted by molar-refractivity contribution is 4.77. The molecule has 0 radical (unpaired) electrons. The molecule has 1 rings (SSSR count). The number of nitrogens with one attached hydrogen (secondary N) is 1. The van der Waals surface area contributed by atoms with Crippen molar-refractivity contribution in [1.82, 2.24) is 5.32 Å². The third-order valence-corrected chi connectivity index (χ3v) is 3.15. The Morgan fingerprint density at radius 2 is 2.15 bits per heavy atom. The van der Waals surface area contributed by atoms with Gasteiger partial charge in [0, 0.05) is 12.1 Å². The van der Waals surface area contributed by atoms with Gasteiger partial charge in [-0.25, -0.2) is 0 Å². The van der Waals surface area contributed by atoms with Crippen LogP contribution in [0.4, 0.5) is 0 Å². The van der Waals surface area contributed by atoms with Crippen molar-refractivity contribution in [2.24, 2.45) is 5.92 Å². The van der Waals surface area contributed by atoms with Gasteiger partial charge in [0.2, 0.25) is 0 Å². The summed E-state index contributed by atoms with van der Waals surface area (Å²) in [6.07, 6.45) is 6.57. The molecule has 2 atom stereocenters. The molecule has 2 unspecified atom stereocenters. The molecule has 0 saturated heterocycles. The first-order valence-corrected chi connectivity index (χ1v) is 5.63. The monoisotopic (exact) mass is 185 g/mol.